The summed E-state index contributed by atoms with van der Waals surface area (Å²) >= 11 is 1.27. The Kier molecular flexibility index (Phi) is 7.46. The molecule has 1 aliphatic carbocycles. The van der Waals surface area contributed by atoms with E-state index in [4.69, 9.17) is 14.2 Å². The third kappa shape index (κ3) is 6.14. The zero-order chi connectivity index (χ0) is 30.3. The summed E-state index contributed by atoms with van der Waals surface area (Å²) in [5.74, 6) is -3.22. The van der Waals surface area contributed by atoms with E-state index in [0.717, 1.165) is 5.56 Å². The third-order valence-electron chi connectivity index (χ3n) is 6.92. The van der Waals surface area contributed by atoms with E-state index in [9.17, 15) is 13.6 Å². The molecule has 0 spiro atoms. The van der Waals surface area contributed by atoms with E-state index in [1.54, 1.807) is 6.92 Å². The number of nitrogens with zero attached hydrogens (tertiary/aromatic N) is 5. The van der Waals surface area contributed by atoms with Crippen molar-refractivity contribution < 1.29 is 32.2 Å². The molecule has 1 amide bonds. The molecule has 0 bridgehead atoms. The molecule has 0 radical (unpaired) electrons. The second-order valence-corrected chi connectivity index (χ2v) is 11.2. The van der Waals surface area contributed by atoms with Gasteiger partial charge < -0.3 is 14.2 Å². The van der Waals surface area contributed by atoms with Gasteiger partial charge in [0.25, 0.3) is 5.92 Å². The topological polar surface area (TPSA) is 121 Å². The Morgan fingerprint density at radius 1 is 1.02 bits per heavy atom. The van der Waals surface area contributed by atoms with E-state index in [0.29, 0.717) is 43.5 Å². The molecule has 1 saturated carbocycles. The lowest BCUT2D eigenvalue weighted by atomic mass is 9.91. The van der Waals surface area contributed by atoms with Crippen LogP contribution >= 0.6 is 11.3 Å². The average Bonchev–Trinajstić information content (AvgIpc) is 3.37. The number of ether oxygens (including phenoxy) is 3. The second kappa shape index (κ2) is 11.2. The number of anilines is 1. The van der Waals surface area contributed by atoms with Crippen LogP contribution in [-0.2, 0) is 4.74 Å². The van der Waals surface area contributed by atoms with Gasteiger partial charge in [0.15, 0.2) is 11.6 Å². The maximum absolute atomic E-state index is 15.3. The van der Waals surface area contributed by atoms with Gasteiger partial charge in [-0.3, -0.25) is 5.32 Å². The van der Waals surface area contributed by atoms with Gasteiger partial charge in [-0.1, -0.05) is 0 Å². The summed E-state index contributed by atoms with van der Waals surface area (Å²) in [4.78, 5) is 34.0. The number of nitrogens with one attached hydrogen (secondary N) is 1. The van der Waals surface area contributed by atoms with Crippen LogP contribution in [0.3, 0.4) is 0 Å². The molecule has 10 nitrogen and oxygen atoms in total. The summed E-state index contributed by atoms with van der Waals surface area (Å²) in [7, 11) is 1.51. The van der Waals surface area contributed by atoms with Crippen molar-refractivity contribution in [2.75, 3.05) is 12.4 Å². The molecule has 3 aromatic heterocycles. The van der Waals surface area contributed by atoms with E-state index < -0.39 is 42.9 Å². The van der Waals surface area contributed by atoms with Crippen molar-refractivity contribution in [3.63, 3.8) is 0 Å². The summed E-state index contributed by atoms with van der Waals surface area (Å²) in [5.41, 5.74) is 3.48. The Labute approximate surface area is 247 Å². The van der Waals surface area contributed by atoms with Crippen molar-refractivity contribution >= 4 is 44.4 Å². The zero-order valence-corrected chi connectivity index (χ0v) is 24.0. The van der Waals surface area contributed by atoms with Gasteiger partial charge in [0.05, 0.1) is 59.1 Å². The SMILES string of the molecule is COc1cnc2c(-c3nc4cc(F)c(OC5CC(F)(F)CC[C@@H]5OC(=O)Nc5cnc(C)nc5)cc4s3)cc(C)cc2n1. The van der Waals surface area contributed by atoms with Gasteiger partial charge in [0.1, 0.15) is 23.0 Å². The highest BCUT2D eigenvalue weighted by Crippen LogP contribution is 2.40. The lowest BCUT2D eigenvalue weighted by Gasteiger charge is -2.35. The first-order chi connectivity index (χ1) is 20.6. The number of alkyl halides is 2. The molecule has 0 aliphatic heterocycles. The Morgan fingerprint density at radius 3 is 2.58 bits per heavy atom. The molecular weight excluding hydrogens is 585 g/mol. The van der Waals surface area contributed by atoms with Crippen molar-refractivity contribution in [1.82, 2.24) is 24.9 Å². The number of aryl methyl sites for hydroxylation is 2. The van der Waals surface area contributed by atoms with Crippen LogP contribution in [0.4, 0.5) is 23.7 Å². The van der Waals surface area contributed by atoms with E-state index >= 15 is 4.39 Å². The minimum Gasteiger partial charge on any atom is -0.483 e. The maximum Gasteiger partial charge on any atom is 0.412 e. The number of carbonyl (C=O) groups is 1. The number of aromatic nitrogens is 5. The number of thiazole rings is 1. The molecule has 3 heterocycles. The molecule has 2 aromatic carbocycles. The van der Waals surface area contributed by atoms with Gasteiger partial charge in [-0.2, -0.15) is 0 Å². The molecule has 1 aliphatic rings. The second-order valence-electron chi connectivity index (χ2n) is 10.2. The number of amides is 1. The van der Waals surface area contributed by atoms with E-state index in [-0.39, 0.29) is 17.9 Å². The fraction of sp³-hybridized carbons (Fsp3) is 0.310. The van der Waals surface area contributed by atoms with Crippen LogP contribution in [0.15, 0.2) is 42.9 Å². The van der Waals surface area contributed by atoms with Crippen LogP contribution in [-0.4, -0.2) is 56.3 Å². The minimum absolute atomic E-state index is 0.170. The lowest BCUT2D eigenvalue weighted by Crippen LogP contribution is -2.45. The average molecular weight is 611 g/mol. The smallest absolute Gasteiger partial charge is 0.412 e. The van der Waals surface area contributed by atoms with Crippen molar-refractivity contribution in [3.8, 4) is 22.2 Å². The van der Waals surface area contributed by atoms with Crippen LogP contribution in [0.25, 0.3) is 31.8 Å². The number of carbonyl (C=O) groups excluding carboxylic acids is 1. The predicted octanol–water partition coefficient (Wildman–Crippen LogP) is 6.64. The highest BCUT2D eigenvalue weighted by Gasteiger charge is 2.45. The molecule has 43 heavy (non-hydrogen) atoms. The molecule has 14 heteroatoms. The van der Waals surface area contributed by atoms with Crippen LogP contribution in [0, 0.1) is 19.7 Å². The lowest BCUT2D eigenvalue weighted by molar-refractivity contribution is -0.114. The molecule has 1 unspecified atom stereocenters. The maximum atomic E-state index is 15.3. The number of rotatable bonds is 6. The Balaban J connectivity index is 1.27. The summed E-state index contributed by atoms with van der Waals surface area (Å²) < 4.78 is 61.1. The van der Waals surface area contributed by atoms with Crippen molar-refractivity contribution in [2.24, 2.45) is 0 Å². The Bertz CT molecular complexity index is 1840. The van der Waals surface area contributed by atoms with Crippen LogP contribution in [0.1, 0.15) is 30.7 Å². The van der Waals surface area contributed by atoms with Crippen LogP contribution < -0.4 is 14.8 Å². The first-order valence-electron chi connectivity index (χ1n) is 13.3. The number of halogens is 3. The van der Waals surface area contributed by atoms with Crippen molar-refractivity contribution in [1.29, 1.82) is 0 Å². The monoisotopic (exact) mass is 610 g/mol. The summed E-state index contributed by atoms with van der Waals surface area (Å²) in [5, 5.41) is 3.04. The molecule has 0 saturated heterocycles. The number of hydrogen-bond acceptors (Lipinski definition) is 10. The first kappa shape index (κ1) is 28.5. The quantitative estimate of drug-likeness (QED) is 0.225. The van der Waals surface area contributed by atoms with E-state index in [1.165, 1.54) is 49.2 Å². The molecule has 5 aromatic rings. The normalized spacial score (nSPS) is 18.0. The Hall–Kier alpha value is -4.59. The number of methoxy groups -OCH3 is 1. The van der Waals surface area contributed by atoms with E-state index in [1.807, 2.05) is 19.1 Å². The molecule has 6 rings (SSSR count). The number of benzene rings is 2. The van der Waals surface area contributed by atoms with E-state index in [2.05, 4.69) is 30.2 Å². The molecule has 222 valence electrons. The Morgan fingerprint density at radius 2 is 1.81 bits per heavy atom. The highest BCUT2D eigenvalue weighted by molar-refractivity contribution is 7.21. The van der Waals surface area contributed by atoms with Crippen LogP contribution in [0.2, 0.25) is 0 Å². The standard InChI is InChI=1S/C29H25F3N6O4S/c1-14-6-17(26-20(7-14)37-25(40-3)13-35-26)27-38-19-8-18(30)22(9-24(19)43-27)41-23-10-29(31,32)5-4-21(23)42-28(39)36-16-11-33-15(2)34-12-16/h6-9,11-13,21,23H,4-5,10H2,1-3H3,(H,36,39)/t21-,23?/m0/s1. The van der Waals surface area contributed by atoms with Gasteiger partial charge in [0, 0.05) is 24.1 Å². The fourth-order valence-electron chi connectivity index (χ4n) is 4.87. The molecule has 2 atom stereocenters. The van der Waals surface area contributed by atoms with Gasteiger partial charge in [-0.25, -0.2) is 42.9 Å². The molecular formula is C29H25F3N6O4S. The number of hydrogen-bond donors (Lipinski definition) is 1. The van der Waals surface area contributed by atoms with Crippen LogP contribution in [0.5, 0.6) is 11.6 Å². The predicted molar refractivity (Wildman–Crippen MR) is 153 cm³/mol. The van der Waals surface area contributed by atoms with Crippen molar-refractivity contribution in [2.45, 2.75) is 51.2 Å². The summed E-state index contributed by atoms with van der Waals surface area (Å²) in [6, 6.07) is 6.40. The summed E-state index contributed by atoms with van der Waals surface area (Å²) in [6.07, 6.45) is -0.359. The van der Waals surface area contributed by atoms with Gasteiger partial charge in [-0.05, 0) is 38.0 Å². The molecule has 1 fully saturated rings. The molecule has 1 N–H and O–H groups in total. The largest absolute Gasteiger partial charge is 0.483 e. The summed E-state index contributed by atoms with van der Waals surface area (Å²) in [6.45, 7) is 3.60. The third-order valence-corrected chi connectivity index (χ3v) is 7.98. The highest BCUT2D eigenvalue weighted by atomic mass is 32.1. The minimum atomic E-state index is -3.07. The van der Waals surface area contributed by atoms with Gasteiger partial charge >= 0.3 is 6.09 Å². The zero-order valence-electron chi connectivity index (χ0n) is 23.2. The first-order valence-corrected chi connectivity index (χ1v) is 14.1. The fourth-order valence-corrected chi connectivity index (χ4v) is 5.86. The van der Waals surface area contributed by atoms with Gasteiger partial charge in [0.2, 0.25) is 5.88 Å². The van der Waals surface area contributed by atoms with Gasteiger partial charge in [-0.15, -0.1) is 11.3 Å². The van der Waals surface area contributed by atoms with Crippen molar-refractivity contribution in [3.05, 3.63) is 60.1 Å². The number of fused-ring (bicyclic) bond motifs is 2.